The van der Waals surface area contributed by atoms with Gasteiger partial charge in [0.15, 0.2) is 5.69 Å². The molecular weight excluding hydrogens is 449 g/mol. The second kappa shape index (κ2) is 9.43. The number of amides is 1. The Bertz CT molecular complexity index is 1100. The van der Waals surface area contributed by atoms with Crippen LogP contribution in [0.5, 0.6) is 0 Å². The fourth-order valence-electron chi connectivity index (χ4n) is 3.50. The molecule has 1 atom stereocenters. The molecule has 1 fully saturated rings. The van der Waals surface area contributed by atoms with E-state index in [0.717, 1.165) is 17.5 Å². The minimum atomic E-state index is -4.68. The molecular formula is C20H23F3N4O4S. The summed E-state index contributed by atoms with van der Waals surface area (Å²) < 4.78 is 66.7. The second-order valence-corrected chi connectivity index (χ2v) is 9.19. The van der Waals surface area contributed by atoms with Crippen LogP contribution in [0.15, 0.2) is 47.4 Å². The number of alkyl halides is 3. The van der Waals surface area contributed by atoms with E-state index in [1.54, 1.807) is 6.08 Å². The Morgan fingerprint density at radius 2 is 1.97 bits per heavy atom. The normalized spacial score (nSPS) is 18.2. The fourth-order valence-corrected chi connectivity index (χ4v) is 5.15. The lowest BCUT2D eigenvalue weighted by molar-refractivity contribution is -0.141. The number of halogens is 3. The Hall–Kier alpha value is -2.70. The number of aliphatic hydroxyl groups excluding tert-OH is 1. The third kappa shape index (κ3) is 5.19. The van der Waals surface area contributed by atoms with Crippen molar-refractivity contribution in [1.29, 1.82) is 0 Å². The molecule has 2 aromatic rings. The Morgan fingerprint density at radius 1 is 1.28 bits per heavy atom. The highest BCUT2D eigenvalue weighted by Crippen LogP contribution is 2.29. The molecule has 1 aliphatic rings. The van der Waals surface area contributed by atoms with Crippen molar-refractivity contribution >= 4 is 21.6 Å². The largest absolute Gasteiger partial charge is 0.435 e. The lowest BCUT2D eigenvalue weighted by Crippen LogP contribution is -2.42. The van der Waals surface area contributed by atoms with Crippen LogP contribution in [0.3, 0.4) is 0 Å². The van der Waals surface area contributed by atoms with E-state index in [-0.39, 0.29) is 28.9 Å². The monoisotopic (exact) mass is 472 g/mol. The molecule has 174 valence electrons. The van der Waals surface area contributed by atoms with Crippen molar-refractivity contribution in [2.75, 3.05) is 18.5 Å². The van der Waals surface area contributed by atoms with Crippen molar-refractivity contribution in [2.45, 2.75) is 36.4 Å². The lowest BCUT2D eigenvalue weighted by Gasteiger charge is -2.33. The van der Waals surface area contributed by atoms with Crippen molar-refractivity contribution in [3.8, 4) is 0 Å². The number of aliphatic hydroxyl groups is 1. The maximum atomic E-state index is 13.1. The molecule has 1 amide bonds. The molecule has 32 heavy (non-hydrogen) atoms. The van der Waals surface area contributed by atoms with Crippen LogP contribution in [-0.4, -0.2) is 52.7 Å². The predicted molar refractivity (Wildman–Crippen MR) is 110 cm³/mol. The number of benzene rings is 1. The number of piperidine rings is 1. The smallest absolute Gasteiger partial charge is 0.392 e. The van der Waals surface area contributed by atoms with E-state index in [0.29, 0.717) is 19.0 Å². The quantitative estimate of drug-likeness (QED) is 0.630. The lowest BCUT2D eigenvalue weighted by atomic mass is 10.0. The number of rotatable bonds is 6. The first-order chi connectivity index (χ1) is 15.0. The molecule has 8 nitrogen and oxygen atoms in total. The molecule has 0 spiro atoms. The van der Waals surface area contributed by atoms with Gasteiger partial charge in [0.05, 0.1) is 11.5 Å². The Kier molecular flexibility index (Phi) is 7.06. The molecule has 0 saturated carbocycles. The van der Waals surface area contributed by atoms with Crippen LogP contribution in [-0.2, 0) is 23.2 Å². The summed E-state index contributed by atoms with van der Waals surface area (Å²) in [5, 5.41) is 14.7. The molecule has 0 bridgehead atoms. The molecule has 1 aromatic heterocycles. The van der Waals surface area contributed by atoms with Gasteiger partial charge in [-0.3, -0.25) is 9.48 Å². The highest BCUT2D eigenvalue weighted by molar-refractivity contribution is 7.89. The van der Waals surface area contributed by atoms with E-state index in [4.69, 9.17) is 5.11 Å². The van der Waals surface area contributed by atoms with Crippen LogP contribution in [0.25, 0.3) is 0 Å². The zero-order valence-corrected chi connectivity index (χ0v) is 18.0. The van der Waals surface area contributed by atoms with E-state index >= 15 is 0 Å². The molecule has 1 aliphatic heterocycles. The number of hydrogen-bond donors (Lipinski definition) is 2. The third-order valence-electron chi connectivity index (χ3n) is 5.08. The maximum Gasteiger partial charge on any atom is 0.435 e. The minimum absolute atomic E-state index is 0.0275. The van der Waals surface area contributed by atoms with Crippen molar-refractivity contribution in [3.63, 3.8) is 0 Å². The summed E-state index contributed by atoms with van der Waals surface area (Å²) in [6.45, 7) is 0.170. The SMILES string of the molecule is Cn1nc(C(F)(F)F)cc1C(=O)Nc1ccc(S(=O)(=O)N2CCCCC2/C=C/CO)cc1. The van der Waals surface area contributed by atoms with Gasteiger partial charge in [-0.05, 0) is 37.1 Å². The fraction of sp³-hybridized carbons (Fsp3) is 0.400. The zero-order valence-electron chi connectivity index (χ0n) is 17.2. The highest BCUT2D eigenvalue weighted by Gasteiger charge is 2.35. The van der Waals surface area contributed by atoms with E-state index in [1.165, 1.54) is 41.7 Å². The van der Waals surface area contributed by atoms with Gasteiger partial charge in [-0.15, -0.1) is 0 Å². The number of carbonyl (C=O) groups excluding carboxylic acids is 1. The second-order valence-electron chi connectivity index (χ2n) is 7.30. The number of nitrogens with one attached hydrogen (secondary N) is 1. The molecule has 12 heteroatoms. The van der Waals surface area contributed by atoms with Gasteiger partial charge in [0.1, 0.15) is 5.69 Å². The van der Waals surface area contributed by atoms with Gasteiger partial charge < -0.3 is 10.4 Å². The van der Waals surface area contributed by atoms with Crippen LogP contribution >= 0.6 is 0 Å². The minimum Gasteiger partial charge on any atom is -0.392 e. The van der Waals surface area contributed by atoms with Gasteiger partial charge in [-0.25, -0.2) is 8.42 Å². The van der Waals surface area contributed by atoms with Gasteiger partial charge in [0.2, 0.25) is 10.0 Å². The van der Waals surface area contributed by atoms with Crippen LogP contribution in [0.4, 0.5) is 18.9 Å². The van der Waals surface area contributed by atoms with E-state index in [9.17, 15) is 26.4 Å². The summed E-state index contributed by atoms with van der Waals surface area (Å²) in [7, 11) is -2.59. The van der Waals surface area contributed by atoms with Crippen molar-refractivity contribution in [2.24, 2.45) is 7.05 Å². The van der Waals surface area contributed by atoms with Crippen LogP contribution < -0.4 is 5.32 Å². The number of sulfonamides is 1. The molecule has 0 aliphatic carbocycles. The molecule has 1 saturated heterocycles. The molecule has 2 heterocycles. The van der Waals surface area contributed by atoms with Crippen molar-refractivity contribution in [1.82, 2.24) is 14.1 Å². The maximum absolute atomic E-state index is 13.1. The number of nitrogens with zero attached hydrogens (tertiary/aromatic N) is 3. The van der Waals surface area contributed by atoms with Crippen LogP contribution in [0.2, 0.25) is 0 Å². The molecule has 0 radical (unpaired) electrons. The predicted octanol–water partition coefficient (Wildman–Crippen LogP) is 2.78. The Labute approximate surface area is 183 Å². The van der Waals surface area contributed by atoms with Gasteiger partial charge in [-0.1, -0.05) is 18.6 Å². The number of anilines is 1. The van der Waals surface area contributed by atoms with E-state index in [1.807, 2.05) is 0 Å². The standard InChI is InChI=1S/C20H23F3N4O4S/c1-26-17(13-18(25-26)20(21,22)23)19(29)24-14-7-9-16(10-8-14)32(30,31)27-11-3-2-5-15(27)6-4-12-28/h4,6-10,13,15,28H,2-3,5,11-12H2,1H3,(H,24,29)/b6-4+. The molecule has 3 rings (SSSR count). The first-order valence-electron chi connectivity index (χ1n) is 9.86. The molecule has 1 aromatic carbocycles. The summed E-state index contributed by atoms with van der Waals surface area (Å²) in [5.74, 6) is -0.809. The highest BCUT2D eigenvalue weighted by atomic mass is 32.2. The zero-order chi connectivity index (χ0) is 23.5. The van der Waals surface area contributed by atoms with E-state index in [2.05, 4.69) is 10.4 Å². The van der Waals surface area contributed by atoms with Crippen molar-refractivity contribution < 1.29 is 31.5 Å². The third-order valence-corrected chi connectivity index (χ3v) is 7.02. The van der Waals surface area contributed by atoms with Crippen molar-refractivity contribution in [3.05, 3.63) is 53.9 Å². The van der Waals surface area contributed by atoms with Crippen LogP contribution in [0.1, 0.15) is 35.4 Å². The Morgan fingerprint density at radius 3 is 2.56 bits per heavy atom. The number of aromatic nitrogens is 2. The Balaban J connectivity index is 1.76. The van der Waals surface area contributed by atoms with Crippen LogP contribution in [0, 0.1) is 0 Å². The average molecular weight is 472 g/mol. The molecule has 2 N–H and O–H groups in total. The first kappa shape index (κ1) is 24.0. The van der Waals surface area contributed by atoms with Gasteiger partial charge in [0, 0.05) is 31.4 Å². The van der Waals surface area contributed by atoms with E-state index < -0.39 is 27.8 Å². The number of carbonyl (C=O) groups is 1. The summed E-state index contributed by atoms with van der Waals surface area (Å²) in [5.41, 5.74) is -1.25. The average Bonchev–Trinajstić information content (AvgIpc) is 3.15. The summed E-state index contributed by atoms with van der Waals surface area (Å²) in [6.07, 6.45) is 0.760. The topological polar surface area (TPSA) is 105 Å². The summed E-state index contributed by atoms with van der Waals surface area (Å²) in [4.78, 5) is 12.4. The van der Waals surface area contributed by atoms with Gasteiger partial charge >= 0.3 is 6.18 Å². The van der Waals surface area contributed by atoms with Gasteiger partial charge in [0.25, 0.3) is 5.91 Å². The number of hydrogen-bond acceptors (Lipinski definition) is 5. The van der Waals surface area contributed by atoms with Gasteiger partial charge in [-0.2, -0.15) is 22.6 Å². The number of aryl methyl sites for hydroxylation is 1. The summed E-state index contributed by atoms with van der Waals surface area (Å²) in [6, 6.07) is 5.69. The first-order valence-corrected chi connectivity index (χ1v) is 11.3. The molecule has 1 unspecified atom stereocenters. The summed E-state index contributed by atoms with van der Waals surface area (Å²) >= 11 is 0.